The van der Waals surface area contributed by atoms with Gasteiger partial charge in [0.05, 0.1) is 35.7 Å². The smallest absolute Gasteiger partial charge is 0.278 e. The fourth-order valence-corrected chi connectivity index (χ4v) is 4.47. The highest BCUT2D eigenvalue weighted by atomic mass is 32.1. The van der Waals surface area contributed by atoms with Crippen LogP contribution in [0.1, 0.15) is 35.9 Å². The van der Waals surface area contributed by atoms with Crippen LogP contribution in [0.4, 0.5) is 5.13 Å². The van der Waals surface area contributed by atoms with Crippen molar-refractivity contribution in [3.05, 3.63) is 35.7 Å². The SMILES string of the molecule is CCn1nc(C)cc1C(=O)N(CC1CCCO1)c1nc2ccc(OC)cc2s1. The van der Waals surface area contributed by atoms with Crippen molar-refractivity contribution in [2.75, 3.05) is 25.2 Å². The summed E-state index contributed by atoms with van der Waals surface area (Å²) < 4.78 is 13.9. The molecule has 4 rings (SSSR count). The monoisotopic (exact) mass is 400 g/mol. The standard InChI is InChI=1S/C20H24N4O3S/c1-4-24-17(10-13(2)22-24)19(25)23(12-15-6-5-9-27-15)20-21-16-8-7-14(26-3)11-18(16)28-20/h7-8,10-11,15H,4-6,9,12H2,1-3H3. The first-order valence-corrected chi connectivity index (χ1v) is 10.3. The Bertz CT molecular complexity index is 991. The lowest BCUT2D eigenvalue weighted by Crippen LogP contribution is -2.38. The zero-order valence-electron chi connectivity index (χ0n) is 16.3. The van der Waals surface area contributed by atoms with E-state index in [1.807, 2.05) is 38.1 Å². The van der Waals surface area contributed by atoms with Crippen molar-refractivity contribution in [3.63, 3.8) is 0 Å². The number of rotatable bonds is 6. The van der Waals surface area contributed by atoms with Crippen LogP contribution in [0, 0.1) is 6.92 Å². The molecule has 0 saturated carbocycles. The molecule has 7 nitrogen and oxygen atoms in total. The average Bonchev–Trinajstić information content (AvgIpc) is 3.43. The number of fused-ring (bicyclic) bond motifs is 1. The Morgan fingerprint density at radius 1 is 1.43 bits per heavy atom. The molecule has 1 aromatic carbocycles. The number of methoxy groups -OCH3 is 1. The number of anilines is 1. The first kappa shape index (κ1) is 18.9. The molecule has 3 heterocycles. The molecule has 28 heavy (non-hydrogen) atoms. The number of carbonyl (C=O) groups is 1. The van der Waals surface area contributed by atoms with Gasteiger partial charge >= 0.3 is 0 Å². The van der Waals surface area contributed by atoms with Gasteiger partial charge in [-0.3, -0.25) is 14.4 Å². The molecule has 0 radical (unpaired) electrons. The zero-order chi connectivity index (χ0) is 19.7. The third-order valence-corrected chi connectivity index (χ3v) is 5.93. The summed E-state index contributed by atoms with van der Waals surface area (Å²) in [7, 11) is 1.64. The molecular weight excluding hydrogens is 376 g/mol. The van der Waals surface area contributed by atoms with Crippen molar-refractivity contribution < 1.29 is 14.3 Å². The second-order valence-corrected chi connectivity index (χ2v) is 7.88. The van der Waals surface area contributed by atoms with E-state index in [1.165, 1.54) is 11.3 Å². The molecular formula is C20H24N4O3S. The average molecular weight is 401 g/mol. The van der Waals surface area contributed by atoms with Gasteiger partial charge in [-0.1, -0.05) is 11.3 Å². The van der Waals surface area contributed by atoms with Gasteiger partial charge in [0.1, 0.15) is 11.4 Å². The van der Waals surface area contributed by atoms with Gasteiger partial charge in [0, 0.05) is 13.2 Å². The number of hydrogen-bond acceptors (Lipinski definition) is 6. The van der Waals surface area contributed by atoms with E-state index < -0.39 is 0 Å². The van der Waals surface area contributed by atoms with Crippen LogP contribution in [0.5, 0.6) is 5.75 Å². The first-order chi connectivity index (χ1) is 13.6. The van der Waals surface area contributed by atoms with Crippen LogP contribution in [-0.4, -0.2) is 47.0 Å². The molecule has 0 N–H and O–H groups in total. The molecule has 8 heteroatoms. The molecule has 1 saturated heterocycles. The van der Waals surface area contributed by atoms with E-state index in [1.54, 1.807) is 16.7 Å². The lowest BCUT2D eigenvalue weighted by molar-refractivity contribution is 0.0908. The minimum absolute atomic E-state index is 0.0320. The lowest BCUT2D eigenvalue weighted by atomic mass is 10.2. The third-order valence-electron chi connectivity index (χ3n) is 4.89. The van der Waals surface area contributed by atoms with E-state index in [2.05, 4.69) is 5.10 Å². The van der Waals surface area contributed by atoms with Gasteiger partial charge in [0.25, 0.3) is 5.91 Å². The number of amides is 1. The van der Waals surface area contributed by atoms with Crippen LogP contribution < -0.4 is 9.64 Å². The summed E-state index contributed by atoms with van der Waals surface area (Å²) in [6, 6.07) is 7.59. The summed E-state index contributed by atoms with van der Waals surface area (Å²) in [6.07, 6.45) is 2.01. The number of aryl methyl sites for hydroxylation is 2. The van der Waals surface area contributed by atoms with Crippen LogP contribution in [0.15, 0.2) is 24.3 Å². The van der Waals surface area contributed by atoms with Crippen molar-refractivity contribution in [3.8, 4) is 5.75 Å². The number of carbonyl (C=O) groups excluding carboxylic acids is 1. The van der Waals surface area contributed by atoms with E-state index in [4.69, 9.17) is 14.5 Å². The predicted molar refractivity (Wildman–Crippen MR) is 109 cm³/mol. The van der Waals surface area contributed by atoms with Crippen molar-refractivity contribution in [1.82, 2.24) is 14.8 Å². The Labute approximate surface area is 167 Å². The fourth-order valence-electron chi connectivity index (χ4n) is 3.47. The number of ether oxygens (including phenoxy) is 2. The molecule has 1 amide bonds. The molecule has 1 aliphatic heterocycles. The summed E-state index contributed by atoms with van der Waals surface area (Å²) >= 11 is 1.49. The van der Waals surface area contributed by atoms with E-state index in [9.17, 15) is 4.79 Å². The molecule has 1 fully saturated rings. The lowest BCUT2D eigenvalue weighted by Gasteiger charge is -2.23. The van der Waals surface area contributed by atoms with Gasteiger partial charge in [-0.15, -0.1) is 0 Å². The molecule has 148 valence electrons. The zero-order valence-corrected chi connectivity index (χ0v) is 17.2. The normalized spacial score (nSPS) is 16.6. The maximum atomic E-state index is 13.5. The Balaban J connectivity index is 1.73. The summed E-state index contributed by atoms with van der Waals surface area (Å²) in [6.45, 7) is 5.76. The molecule has 1 atom stereocenters. The highest BCUT2D eigenvalue weighted by Crippen LogP contribution is 2.33. The van der Waals surface area contributed by atoms with Gasteiger partial charge < -0.3 is 9.47 Å². The first-order valence-electron chi connectivity index (χ1n) is 9.51. The van der Waals surface area contributed by atoms with Crippen LogP contribution >= 0.6 is 11.3 Å². The Kier molecular flexibility index (Phi) is 5.32. The van der Waals surface area contributed by atoms with E-state index in [-0.39, 0.29) is 12.0 Å². The second kappa shape index (κ2) is 7.89. The minimum atomic E-state index is -0.0935. The van der Waals surface area contributed by atoms with Crippen molar-refractivity contribution in [2.45, 2.75) is 39.3 Å². The van der Waals surface area contributed by atoms with Crippen LogP contribution in [0.2, 0.25) is 0 Å². The maximum absolute atomic E-state index is 13.5. The summed E-state index contributed by atoms with van der Waals surface area (Å²) in [5.74, 6) is 0.684. The Hall–Kier alpha value is -2.45. The van der Waals surface area contributed by atoms with Gasteiger partial charge in [-0.2, -0.15) is 5.10 Å². The topological polar surface area (TPSA) is 69.5 Å². The Morgan fingerprint density at radius 2 is 2.29 bits per heavy atom. The fraction of sp³-hybridized carbons (Fsp3) is 0.450. The molecule has 0 aliphatic carbocycles. The predicted octanol–water partition coefficient (Wildman–Crippen LogP) is 3.66. The molecule has 0 bridgehead atoms. The molecule has 1 aliphatic rings. The van der Waals surface area contributed by atoms with Gasteiger partial charge in [-0.25, -0.2) is 4.98 Å². The van der Waals surface area contributed by atoms with Crippen molar-refractivity contribution >= 4 is 32.6 Å². The second-order valence-electron chi connectivity index (χ2n) is 6.87. The number of aromatic nitrogens is 3. The highest BCUT2D eigenvalue weighted by Gasteiger charge is 2.29. The number of hydrogen-bond donors (Lipinski definition) is 0. The maximum Gasteiger partial charge on any atom is 0.278 e. The van der Waals surface area contributed by atoms with Gasteiger partial charge in [-0.05, 0) is 51.0 Å². The summed E-state index contributed by atoms with van der Waals surface area (Å²) in [4.78, 5) is 19.9. The van der Waals surface area contributed by atoms with Gasteiger partial charge in [0.15, 0.2) is 5.13 Å². The largest absolute Gasteiger partial charge is 0.497 e. The Morgan fingerprint density at radius 3 is 3.00 bits per heavy atom. The highest BCUT2D eigenvalue weighted by molar-refractivity contribution is 7.22. The molecule has 1 unspecified atom stereocenters. The van der Waals surface area contributed by atoms with Gasteiger partial charge in [0.2, 0.25) is 0 Å². The third kappa shape index (κ3) is 3.62. The van der Waals surface area contributed by atoms with E-state index in [0.717, 1.165) is 41.1 Å². The van der Waals surface area contributed by atoms with Crippen LogP contribution in [-0.2, 0) is 11.3 Å². The van der Waals surface area contributed by atoms with Crippen molar-refractivity contribution in [2.24, 2.45) is 0 Å². The van der Waals surface area contributed by atoms with Crippen LogP contribution in [0.3, 0.4) is 0 Å². The van der Waals surface area contributed by atoms with E-state index in [0.29, 0.717) is 23.9 Å². The minimum Gasteiger partial charge on any atom is -0.497 e. The van der Waals surface area contributed by atoms with Crippen molar-refractivity contribution in [1.29, 1.82) is 0 Å². The molecule has 2 aromatic heterocycles. The quantitative estimate of drug-likeness (QED) is 0.632. The summed E-state index contributed by atoms with van der Waals surface area (Å²) in [5, 5.41) is 5.10. The number of thiazole rings is 1. The summed E-state index contributed by atoms with van der Waals surface area (Å²) in [5.41, 5.74) is 2.26. The molecule has 3 aromatic rings. The molecule has 0 spiro atoms. The number of benzene rings is 1. The van der Waals surface area contributed by atoms with Crippen LogP contribution in [0.25, 0.3) is 10.2 Å². The number of nitrogens with zero attached hydrogens (tertiary/aromatic N) is 4. The van der Waals surface area contributed by atoms with E-state index >= 15 is 0 Å².